The molecule has 3 heterocycles. The van der Waals surface area contributed by atoms with Crippen LogP contribution in [0.3, 0.4) is 0 Å². The number of fused-ring (bicyclic) bond motifs is 7. The minimum atomic E-state index is 0.0424. The van der Waals surface area contributed by atoms with Gasteiger partial charge in [-0.3, -0.25) is 0 Å². The molecule has 3 aliphatic heterocycles. The number of benzene rings is 4. The highest BCUT2D eigenvalue weighted by atomic mass is 15.3. The van der Waals surface area contributed by atoms with Crippen molar-refractivity contribution in [3.05, 3.63) is 94.0 Å². The molecule has 0 spiro atoms. The Kier molecular flexibility index (Phi) is 6.07. The first-order valence-electron chi connectivity index (χ1n) is 17.7. The summed E-state index contributed by atoms with van der Waals surface area (Å²) in [5.74, 6) is 0. The monoisotopic (exact) mass is 606 g/mol. The van der Waals surface area contributed by atoms with E-state index in [9.17, 15) is 0 Å². The molecule has 3 heteroatoms. The van der Waals surface area contributed by atoms with E-state index in [-0.39, 0.29) is 28.5 Å². The molecule has 4 aromatic rings. The minimum absolute atomic E-state index is 0.0424. The van der Waals surface area contributed by atoms with Gasteiger partial charge in [-0.05, 0) is 126 Å². The van der Waals surface area contributed by atoms with Gasteiger partial charge in [-0.25, -0.2) is 0 Å². The van der Waals surface area contributed by atoms with Crippen LogP contribution in [-0.2, 0) is 16.2 Å². The van der Waals surface area contributed by atoms with Gasteiger partial charge in [0.1, 0.15) is 0 Å². The van der Waals surface area contributed by atoms with E-state index < -0.39 is 0 Å². The average molecular weight is 607 g/mol. The molecule has 236 valence electrons. The van der Waals surface area contributed by atoms with Gasteiger partial charge in [-0.1, -0.05) is 97.2 Å². The summed E-state index contributed by atoms with van der Waals surface area (Å²) in [4.78, 5) is 5.49. The highest BCUT2D eigenvalue weighted by Crippen LogP contribution is 2.62. The molecule has 2 atom stereocenters. The van der Waals surface area contributed by atoms with Gasteiger partial charge in [0, 0.05) is 33.9 Å². The Morgan fingerprint density at radius 1 is 0.674 bits per heavy atom. The van der Waals surface area contributed by atoms with Crippen LogP contribution in [-0.4, -0.2) is 12.3 Å². The predicted molar refractivity (Wildman–Crippen MR) is 200 cm³/mol. The van der Waals surface area contributed by atoms with Gasteiger partial charge < -0.3 is 9.80 Å². The maximum atomic E-state index is 2.87. The first kappa shape index (κ1) is 29.9. The molecular weight excluding hydrogens is 555 g/mol. The third kappa shape index (κ3) is 3.78. The maximum Gasteiger partial charge on any atom is 0.252 e. The van der Waals surface area contributed by atoms with Gasteiger partial charge in [0.25, 0.3) is 6.71 Å². The van der Waals surface area contributed by atoms with Crippen molar-refractivity contribution < 1.29 is 0 Å². The summed E-state index contributed by atoms with van der Waals surface area (Å²) >= 11 is 0. The van der Waals surface area contributed by atoms with Crippen LogP contribution >= 0.6 is 0 Å². The molecule has 4 aliphatic rings. The quantitative estimate of drug-likeness (QED) is 0.175. The van der Waals surface area contributed by atoms with Crippen molar-refractivity contribution in [3.63, 3.8) is 0 Å². The summed E-state index contributed by atoms with van der Waals surface area (Å²) in [6.45, 7) is 26.5. The number of hydrogen-bond donors (Lipinski definition) is 0. The van der Waals surface area contributed by atoms with Crippen molar-refractivity contribution in [2.75, 3.05) is 9.80 Å². The zero-order valence-corrected chi connectivity index (χ0v) is 30.1. The molecule has 8 rings (SSSR count). The lowest BCUT2D eigenvalue weighted by atomic mass is 9.32. The van der Waals surface area contributed by atoms with Crippen molar-refractivity contribution in [2.45, 2.75) is 124 Å². The van der Waals surface area contributed by atoms with Crippen LogP contribution in [0.15, 0.2) is 60.7 Å². The molecule has 0 N–H and O–H groups in total. The van der Waals surface area contributed by atoms with E-state index in [0.717, 1.165) is 0 Å². The van der Waals surface area contributed by atoms with Crippen LogP contribution in [0.4, 0.5) is 28.4 Å². The average Bonchev–Trinajstić information content (AvgIpc) is 3.19. The van der Waals surface area contributed by atoms with Crippen LogP contribution in [0.5, 0.6) is 0 Å². The molecule has 0 saturated heterocycles. The fraction of sp³-hybridized carbons (Fsp3) is 0.442. The lowest BCUT2D eigenvalue weighted by Crippen LogP contribution is -2.65. The molecule has 1 fully saturated rings. The summed E-state index contributed by atoms with van der Waals surface area (Å²) in [6, 6.07) is 24.3. The Balaban J connectivity index is 1.51. The van der Waals surface area contributed by atoms with E-state index in [4.69, 9.17) is 0 Å². The van der Waals surface area contributed by atoms with Crippen molar-refractivity contribution in [2.24, 2.45) is 0 Å². The number of nitrogens with zero attached hydrogens (tertiary/aromatic N) is 2. The zero-order valence-electron chi connectivity index (χ0n) is 30.1. The van der Waals surface area contributed by atoms with E-state index in [1.807, 2.05) is 0 Å². The van der Waals surface area contributed by atoms with E-state index in [1.165, 1.54) is 92.9 Å². The minimum Gasteiger partial charge on any atom is -0.335 e. The lowest BCUT2D eigenvalue weighted by Gasteiger charge is -2.53. The van der Waals surface area contributed by atoms with Crippen LogP contribution in [0.25, 0.3) is 0 Å². The lowest BCUT2D eigenvalue weighted by molar-refractivity contribution is 0.194. The van der Waals surface area contributed by atoms with Gasteiger partial charge in [0.15, 0.2) is 0 Å². The molecule has 0 amide bonds. The topological polar surface area (TPSA) is 6.48 Å². The summed E-state index contributed by atoms with van der Waals surface area (Å²) in [7, 11) is 0. The summed E-state index contributed by atoms with van der Waals surface area (Å²) in [5, 5.41) is 0. The number of rotatable bonds is 1. The highest BCUT2D eigenvalue weighted by Gasteiger charge is 2.62. The molecular formula is C43H51BN2. The van der Waals surface area contributed by atoms with E-state index >= 15 is 0 Å². The Bertz CT molecular complexity index is 1960. The second-order valence-electron chi connectivity index (χ2n) is 17.6. The first-order chi connectivity index (χ1) is 21.6. The van der Waals surface area contributed by atoms with E-state index in [1.54, 1.807) is 11.0 Å². The van der Waals surface area contributed by atoms with Crippen molar-refractivity contribution in [1.82, 2.24) is 0 Å². The van der Waals surface area contributed by atoms with Crippen molar-refractivity contribution in [1.29, 1.82) is 0 Å². The van der Waals surface area contributed by atoms with Gasteiger partial charge in [-0.15, -0.1) is 0 Å². The molecule has 0 aromatic heterocycles. The van der Waals surface area contributed by atoms with Crippen LogP contribution < -0.4 is 26.2 Å². The molecule has 0 radical (unpaired) electrons. The summed E-state index contributed by atoms with van der Waals surface area (Å²) < 4.78 is 0. The van der Waals surface area contributed by atoms with Gasteiger partial charge >= 0.3 is 0 Å². The fourth-order valence-corrected chi connectivity index (χ4v) is 10.0. The van der Waals surface area contributed by atoms with Gasteiger partial charge in [0.2, 0.25) is 0 Å². The van der Waals surface area contributed by atoms with Crippen LogP contribution in [0.1, 0.15) is 114 Å². The predicted octanol–water partition coefficient (Wildman–Crippen LogP) is 9.56. The van der Waals surface area contributed by atoms with Crippen molar-refractivity contribution >= 4 is 51.5 Å². The van der Waals surface area contributed by atoms with Crippen LogP contribution in [0, 0.1) is 20.8 Å². The third-order valence-electron chi connectivity index (χ3n) is 12.6. The van der Waals surface area contributed by atoms with Gasteiger partial charge in [-0.2, -0.15) is 0 Å². The van der Waals surface area contributed by atoms with Crippen LogP contribution in [0.2, 0.25) is 0 Å². The largest absolute Gasteiger partial charge is 0.335 e. The molecule has 4 aromatic carbocycles. The molecule has 2 unspecified atom stereocenters. The smallest absolute Gasteiger partial charge is 0.252 e. The second kappa shape index (κ2) is 9.33. The standard InChI is InChI=1S/C43H51BN2/c1-26-21-34-38-35(22-26)46-39-36(42(10)19-12-13-20-43(42,46)11)27(2)23-28(3)37(39)44(38)32-18-17-30(41(7,8)9)25-33(32)45(34)31-16-14-15-29(24-31)40(4,5)6/h14-18,21-25H,12-13,19-20H2,1-11H3. The molecule has 1 saturated carbocycles. The normalized spacial score (nSPS) is 22.8. The summed E-state index contributed by atoms with van der Waals surface area (Å²) in [6.07, 6.45) is 5.10. The third-order valence-corrected chi connectivity index (χ3v) is 12.6. The Hall–Kier alpha value is -3.46. The van der Waals surface area contributed by atoms with Gasteiger partial charge in [0.05, 0.1) is 5.54 Å². The molecule has 0 bridgehead atoms. The number of aryl methyl sites for hydroxylation is 3. The van der Waals surface area contributed by atoms with E-state index in [2.05, 4.69) is 147 Å². The first-order valence-corrected chi connectivity index (χ1v) is 17.7. The fourth-order valence-electron chi connectivity index (χ4n) is 10.0. The highest BCUT2D eigenvalue weighted by molar-refractivity contribution is 7.00. The Labute approximate surface area is 278 Å². The SMILES string of the molecule is Cc1cc2c3c(c1)N1c4c(c(C)cc(C)c4C4(C)CCCCC14C)B3c1ccc(C(C)(C)C)cc1N2c1cccc(C(C)(C)C)c1. The molecule has 46 heavy (non-hydrogen) atoms. The number of anilines is 5. The second-order valence-corrected chi connectivity index (χ2v) is 17.6. The Morgan fingerprint density at radius 3 is 2.07 bits per heavy atom. The maximum absolute atomic E-state index is 2.87. The Morgan fingerprint density at radius 2 is 1.35 bits per heavy atom. The number of hydrogen-bond acceptors (Lipinski definition) is 2. The molecule has 1 aliphatic carbocycles. The van der Waals surface area contributed by atoms with Crippen molar-refractivity contribution in [3.8, 4) is 0 Å². The molecule has 2 nitrogen and oxygen atoms in total. The zero-order chi connectivity index (χ0) is 32.7. The van der Waals surface area contributed by atoms with E-state index in [0.29, 0.717) is 0 Å². The summed E-state index contributed by atoms with van der Waals surface area (Å²) in [5.41, 5.74) is 20.3.